The molecular weight excluding hydrogens is 294 g/mol. The molecule has 3 nitrogen and oxygen atoms in total. The second kappa shape index (κ2) is 5.59. The summed E-state index contributed by atoms with van der Waals surface area (Å²) in [7, 11) is 2.02. The molecule has 0 unspecified atom stereocenters. The van der Waals surface area contributed by atoms with Gasteiger partial charge in [-0.2, -0.15) is 0 Å². The number of rotatable bonds is 4. The lowest BCUT2D eigenvalue weighted by Crippen LogP contribution is -2.16. The number of hydrogen-bond donors (Lipinski definition) is 1. The summed E-state index contributed by atoms with van der Waals surface area (Å²) in [4.78, 5) is 2.13. The molecule has 18 heavy (non-hydrogen) atoms. The first kappa shape index (κ1) is 13.2. The van der Waals surface area contributed by atoms with E-state index in [1.165, 1.54) is 0 Å². The lowest BCUT2D eigenvalue weighted by Gasteiger charge is -2.21. The van der Waals surface area contributed by atoms with Gasteiger partial charge in [0.05, 0.1) is 24.3 Å². The molecule has 96 valence electrons. The Morgan fingerprint density at radius 1 is 1.39 bits per heavy atom. The molecule has 0 fully saturated rings. The van der Waals surface area contributed by atoms with Gasteiger partial charge in [-0.25, -0.2) is 0 Å². The number of benzene rings is 1. The average molecular weight is 310 g/mol. The Labute approximate surface area is 115 Å². The summed E-state index contributed by atoms with van der Waals surface area (Å²) in [6.45, 7) is 2.54. The third kappa shape index (κ3) is 2.94. The normalized spacial score (nSPS) is 12.4. The zero-order chi connectivity index (χ0) is 13.1. The average Bonchev–Trinajstić information content (AvgIpc) is 2.81. The maximum Gasteiger partial charge on any atom is 0.0952 e. The van der Waals surface area contributed by atoms with Crippen molar-refractivity contribution in [3.63, 3.8) is 0 Å². The number of aliphatic hydroxyl groups excluding tert-OH is 1. The molecule has 0 aliphatic carbocycles. The van der Waals surface area contributed by atoms with Crippen LogP contribution >= 0.6 is 15.9 Å². The molecule has 0 saturated carbocycles. The van der Waals surface area contributed by atoms with Gasteiger partial charge in [0.2, 0.25) is 0 Å². The predicted molar refractivity (Wildman–Crippen MR) is 75.6 cm³/mol. The van der Waals surface area contributed by atoms with E-state index in [1.807, 2.05) is 31.3 Å². The molecule has 0 amide bonds. The van der Waals surface area contributed by atoms with Crippen LogP contribution in [0.1, 0.15) is 24.2 Å². The van der Waals surface area contributed by atoms with Gasteiger partial charge in [0.1, 0.15) is 0 Å². The highest BCUT2D eigenvalue weighted by Crippen LogP contribution is 2.29. The Morgan fingerprint density at radius 2 is 2.17 bits per heavy atom. The molecule has 1 aromatic heterocycles. The summed E-state index contributed by atoms with van der Waals surface area (Å²) in [6.07, 6.45) is 2.97. The molecule has 0 aliphatic heterocycles. The van der Waals surface area contributed by atoms with Crippen molar-refractivity contribution in [3.05, 3.63) is 52.4 Å². The van der Waals surface area contributed by atoms with Gasteiger partial charge in [-0.1, -0.05) is 6.07 Å². The van der Waals surface area contributed by atoms with Crippen molar-refractivity contribution in [2.45, 2.75) is 19.6 Å². The van der Waals surface area contributed by atoms with Crippen molar-refractivity contribution < 1.29 is 9.52 Å². The summed E-state index contributed by atoms with van der Waals surface area (Å²) in [5.74, 6) is 0. The number of hydrogen-bond acceptors (Lipinski definition) is 3. The highest BCUT2D eigenvalue weighted by atomic mass is 79.9. The van der Waals surface area contributed by atoms with Gasteiger partial charge >= 0.3 is 0 Å². The standard InChI is InChI=1S/C14H16BrNO2/c1-10(17)12-3-4-14(13(15)7-12)16(2)8-11-5-6-18-9-11/h3-7,9-10,17H,8H2,1-2H3/t10-/m0/s1. The van der Waals surface area contributed by atoms with Crippen LogP contribution in [0.25, 0.3) is 0 Å². The van der Waals surface area contributed by atoms with Crippen LogP contribution in [0.4, 0.5) is 5.69 Å². The molecule has 0 spiro atoms. The molecular formula is C14H16BrNO2. The van der Waals surface area contributed by atoms with Crippen LogP contribution in [0.15, 0.2) is 45.7 Å². The zero-order valence-electron chi connectivity index (χ0n) is 10.4. The minimum Gasteiger partial charge on any atom is -0.472 e. The van der Waals surface area contributed by atoms with E-state index in [1.54, 1.807) is 19.5 Å². The zero-order valence-corrected chi connectivity index (χ0v) is 12.0. The van der Waals surface area contributed by atoms with Crippen molar-refractivity contribution in [1.29, 1.82) is 0 Å². The number of furan rings is 1. The van der Waals surface area contributed by atoms with E-state index >= 15 is 0 Å². The highest BCUT2D eigenvalue weighted by molar-refractivity contribution is 9.10. The predicted octanol–water partition coefficient (Wildman–Crippen LogP) is 3.73. The van der Waals surface area contributed by atoms with E-state index < -0.39 is 6.10 Å². The van der Waals surface area contributed by atoms with Gasteiger partial charge in [-0.3, -0.25) is 0 Å². The van der Waals surface area contributed by atoms with Crippen LogP contribution < -0.4 is 4.90 Å². The van der Waals surface area contributed by atoms with Crippen molar-refractivity contribution in [2.75, 3.05) is 11.9 Å². The molecule has 0 saturated heterocycles. The third-order valence-electron chi connectivity index (χ3n) is 2.87. The molecule has 0 bridgehead atoms. The summed E-state index contributed by atoms with van der Waals surface area (Å²) in [6, 6.07) is 7.85. The van der Waals surface area contributed by atoms with Crippen LogP contribution in [0, 0.1) is 0 Å². The molecule has 1 N–H and O–H groups in total. The van der Waals surface area contributed by atoms with Gasteiger partial charge in [-0.15, -0.1) is 0 Å². The Morgan fingerprint density at radius 3 is 2.72 bits per heavy atom. The van der Waals surface area contributed by atoms with E-state index in [0.717, 1.165) is 27.8 Å². The topological polar surface area (TPSA) is 36.6 Å². The highest BCUT2D eigenvalue weighted by Gasteiger charge is 2.09. The Balaban J connectivity index is 2.17. The Bertz CT molecular complexity index is 509. The van der Waals surface area contributed by atoms with E-state index in [9.17, 15) is 5.11 Å². The first-order valence-electron chi connectivity index (χ1n) is 5.77. The van der Waals surface area contributed by atoms with Gasteiger partial charge in [0.25, 0.3) is 0 Å². The fraction of sp³-hybridized carbons (Fsp3) is 0.286. The molecule has 2 rings (SSSR count). The minimum absolute atomic E-state index is 0.450. The van der Waals surface area contributed by atoms with Crippen LogP contribution in [-0.4, -0.2) is 12.2 Å². The molecule has 0 aliphatic rings. The van der Waals surface area contributed by atoms with Gasteiger partial charge in [-0.05, 0) is 46.6 Å². The lowest BCUT2D eigenvalue weighted by atomic mass is 10.1. The number of nitrogens with zero attached hydrogens (tertiary/aromatic N) is 1. The fourth-order valence-corrected chi connectivity index (χ4v) is 2.53. The maximum atomic E-state index is 9.54. The van der Waals surface area contributed by atoms with Gasteiger partial charge in [0, 0.05) is 23.6 Å². The maximum absolute atomic E-state index is 9.54. The van der Waals surface area contributed by atoms with Gasteiger partial charge < -0.3 is 14.4 Å². The van der Waals surface area contributed by atoms with Crippen molar-refractivity contribution in [2.24, 2.45) is 0 Å². The lowest BCUT2D eigenvalue weighted by molar-refractivity contribution is 0.199. The van der Waals surface area contributed by atoms with Crippen molar-refractivity contribution >= 4 is 21.6 Å². The quantitative estimate of drug-likeness (QED) is 0.935. The van der Waals surface area contributed by atoms with Crippen LogP contribution in [0.2, 0.25) is 0 Å². The van der Waals surface area contributed by atoms with E-state index in [0.29, 0.717) is 0 Å². The molecule has 4 heteroatoms. The van der Waals surface area contributed by atoms with Crippen molar-refractivity contribution in [1.82, 2.24) is 0 Å². The fourth-order valence-electron chi connectivity index (χ4n) is 1.83. The van der Waals surface area contributed by atoms with Gasteiger partial charge in [0.15, 0.2) is 0 Å². The number of halogens is 1. The molecule has 0 radical (unpaired) electrons. The number of anilines is 1. The summed E-state index contributed by atoms with van der Waals surface area (Å²) in [5, 5.41) is 9.54. The first-order chi connectivity index (χ1) is 8.58. The second-order valence-electron chi connectivity index (χ2n) is 4.37. The molecule has 1 atom stereocenters. The van der Waals surface area contributed by atoms with E-state index in [2.05, 4.69) is 20.8 Å². The largest absolute Gasteiger partial charge is 0.472 e. The smallest absolute Gasteiger partial charge is 0.0952 e. The minimum atomic E-state index is -0.450. The summed E-state index contributed by atoms with van der Waals surface area (Å²) < 4.78 is 6.04. The SMILES string of the molecule is C[C@H](O)c1ccc(N(C)Cc2ccoc2)c(Br)c1. The number of aliphatic hydroxyl groups is 1. The monoisotopic (exact) mass is 309 g/mol. The molecule has 1 heterocycles. The van der Waals surface area contributed by atoms with E-state index in [4.69, 9.17) is 4.42 Å². The first-order valence-corrected chi connectivity index (χ1v) is 6.57. The summed E-state index contributed by atoms with van der Waals surface area (Å²) in [5.41, 5.74) is 3.12. The Hall–Kier alpha value is -1.26. The second-order valence-corrected chi connectivity index (χ2v) is 5.23. The molecule has 2 aromatic rings. The van der Waals surface area contributed by atoms with Crippen LogP contribution in [0.5, 0.6) is 0 Å². The van der Waals surface area contributed by atoms with Crippen molar-refractivity contribution in [3.8, 4) is 0 Å². The van der Waals surface area contributed by atoms with E-state index in [-0.39, 0.29) is 0 Å². The summed E-state index contributed by atoms with van der Waals surface area (Å²) >= 11 is 3.54. The van der Waals surface area contributed by atoms with Crippen LogP contribution in [0.3, 0.4) is 0 Å². The molecule has 1 aromatic carbocycles. The Kier molecular flexibility index (Phi) is 4.09. The van der Waals surface area contributed by atoms with Crippen LogP contribution in [-0.2, 0) is 6.54 Å². The third-order valence-corrected chi connectivity index (χ3v) is 3.50.